The molecule has 1 aromatic carbocycles. The Morgan fingerprint density at radius 1 is 1.33 bits per heavy atom. The van der Waals surface area contributed by atoms with E-state index in [0.29, 0.717) is 17.9 Å². The van der Waals surface area contributed by atoms with Crippen LogP contribution in [0.25, 0.3) is 0 Å². The third-order valence-corrected chi connectivity index (χ3v) is 5.79. The summed E-state index contributed by atoms with van der Waals surface area (Å²) in [5.41, 5.74) is 0.268. The molecule has 5 nitrogen and oxygen atoms in total. The Morgan fingerprint density at radius 2 is 2.04 bits per heavy atom. The largest absolute Gasteiger partial charge is 0.494 e. The smallest absolute Gasteiger partial charge is 0.389 e. The van der Waals surface area contributed by atoms with Crippen molar-refractivity contribution in [1.29, 1.82) is 0 Å². The molecule has 0 aliphatic carbocycles. The summed E-state index contributed by atoms with van der Waals surface area (Å²) >= 11 is 0. The van der Waals surface area contributed by atoms with Crippen LogP contribution in [0.5, 0.6) is 11.5 Å². The maximum atomic E-state index is 12.2. The average Bonchev–Trinajstić information content (AvgIpc) is 2.55. The lowest BCUT2D eigenvalue weighted by Crippen LogP contribution is -2.41. The Morgan fingerprint density at radius 3 is 2.67 bits per heavy atom. The molecule has 0 saturated carbocycles. The molecule has 1 atom stereocenters. The number of ether oxygens (including phenoxy) is 2. The van der Waals surface area contributed by atoms with Gasteiger partial charge >= 0.3 is 6.18 Å². The summed E-state index contributed by atoms with van der Waals surface area (Å²) in [6.07, 6.45) is -4.66. The van der Waals surface area contributed by atoms with Gasteiger partial charge in [-0.25, -0.2) is 8.42 Å². The van der Waals surface area contributed by atoms with Crippen molar-refractivity contribution in [2.75, 3.05) is 18.2 Å². The molecule has 1 N–H and O–H groups in total. The lowest BCUT2D eigenvalue weighted by atomic mass is 9.90. The molecule has 1 aliphatic heterocycles. The third kappa shape index (κ3) is 6.88. The van der Waals surface area contributed by atoms with Gasteiger partial charge in [0.05, 0.1) is 12.5 Å². The molecule has 0 saturated heterocycles. The summed E-state index contributed by atoms with van der Waals surface area (Å²) in [7, 11) is -3.19. The number of benzene rings is 1. The summed E-state index contributed by atoms with van der Waals surface area (Å²) in [5, 5.41) is 3.07. The van der Waals surface area contributed by atoms with E-state index < -0.39 is 28.0 Å². The Bertz CT molecular complexity index is 747. The standard InChI is InChI=1S/C18H26F3NO4S/c1-4-27(23,24)12-22-15-11-17(2,3)26-16-7-6-13(10-14(15)16)25-9-5-8-18(19,20)21/h6-7,10,15,22H,4-5,8-9,11-12H2,1-3H3. The van der Waals surface area contributed by atoms with Crippen molar-refractivity contribution >= 4 is 9.84 Å². The van der Waals surface area contributed by atoms with E-state index in [1.165, 1.54) is 0 Å². The number of sulfone groups is 1. The fourth-order valence-electron chi connectivity index (χ4n) is 2.90. The van der Waals surface area contributed by atoms with Gasteiger partial charge in [-0.15, -0.1) is 0 Å². The van der Waals surface area contributed by atoms with Crippen molar-refractivity contribution in [2.24, 2.45) is 0 Å². The maximum Gasteiger partial charge on any atom is 0.389 e. The molecule has 0 aromatic heterocycles. The van der Waals surface area contributed by atoms with Crippen LogP contribution in [-0.2, 0) is 9.84 Å². The Kier molecular flexibility index (Phi) is 6.68. The summed E-state index contributed by atoms with van der Waals surface area (Å²) in [5.74, 6) is 0.937. The number of fused-ring (bicyclic) bond motifs is 1. The average molecular weight is 409 g/mol. The summed E-state index contributed by atoms with van der Waals surface area (Å²) in [4.78, 5) is 0. The first-order valence-corrected chi connectivity index (χ1v) is 10.7. The van der Waals surface area contributed by atoms with Crippen LogP contribution >= 0.6 is 0 Å². The van der Waals surface area contributed by atoms with E-state index in [-0.39, 0.29) is 30.7 Å². The van der Waals surface area contributed by atoms with Crippen molar-refractivity contribution in [3.05, 3.63) is 23.8 Å². The van der Waals surface area contributed by atoms with Gasteiger partial charge in [0.25, 0.3) is 0 Å². The van der Waals surface area contributed by atoms with Crippen molar-refractivity contribution in [2.45, 2.75) is 57.9 Å². The molecule has 1 aliphatic rings. The van der Waals surface area contributed by atoms with E-state index >= 15 is 0 Å². The van der Waals surface area contributed by atoms with Crippen molar-refractivity contribution < 1.29 is 31.1 Å². The zero-order valence-corrected chi connectivity index (χ0v) is 16.5. The monoisotopic (exact) mass is 409 g/mol. The highest BCUT2D eigenvalue weighted by Gasteiger charge is 2.34. The molecular formula is C18H26F3NO4S. The highest BCUT2D eigenvalue weighted by molar-refractivity contribution is 7.91. The Balaban J connectivity index is 2.10. The topological polar surface area (TPSA) is 64.6 Å². The molecule has 0 fully saturated rings. The van der Waals surface area contributed by atoms with E-state index in [9.17, 15) is 21.6 Å². The summed E-state index contributed by atoms with van der Waals surface area (Å²) in [6.45, 7) is 5.37. The molecule has 0 bridgehead atoms. The van der Waals surface area contributed by atoms with Crippen LogP contribution in [0.2, 0.25) is 0 Å². The Hall–Kier alpha value is -1.48. The van der Waals surface area contributed by atoms with Crippen LogP contribution in [0.3, 0.4) is 0 Å². The van der Waals surface area contributed by atoms with Crippen LogP contribution in [0.1, 0.15) is 51.6 Å². The van der Waals surface area contributed by atoms with Crippen molar-refractivity contribution in [3.63, 3.8) is 0 Å². The fourth-order valence-corrected chi connectivity index (χ4v) is 3.56. The lowest BCUT2D eigenvalue weighted by Gasteiger charge is -2.38. The van der Waals surface area contributed by atoms with E-state index in [4.69, 9.17) is 9.47 Å². The van der Waals surface area contributed by atoms with E-state index in [2.05, 4.69) is 5.32 Å². The number of rotatable bonds is 8. The van der Waals surface area contributed by atoms with Crippen LogP contribution < -0.4 is 14.8 Å². The quantitative estimate of drug-likeness (QED) is 0.658. The molecule has 0 amide bonds. The van der Waals surface area contributed by atoms with Crippen LogP contribution in [0, 0.1) is 0 Å². The molecule has 0 radical (unpaired) electrons. The second-order valence-electron chi connectivity index (χ2n) is 7.27. The van der Waals surface area contributed by atoms with E-state index in [0.717, 1.165) is 5.56 Å². The zero-order chi connectivity index (χ0) is 20.3. The van der Waals surface area contributed by atoms with Crippen LogP contribution in [0.15, 0.2) is 18.2 Å². The van der Waals surface area contributed by atoms with Gasteiger partial charge in [-0.3, -0.25) is 5.32 Å². The first kappa shape index (κ1) is 21.8. The second-order valence-corrected chi connectivity index (χ2v) is 9.62. The van der Waals surface area contributed by atoms with Gasteiger partial charge < -0.3 is 9.47 Å². The first-order chi connectivity index (χ1) is 12.4. The van der Waals surface area contributed by atoms with Gasteiger partial charge in [0.2, 0.25) is 0 Å². The van der Waals surface area contributed by atoms with Crippen molar-refractivity contribution in [3.8, 4) is 11.5 Å². The minimum Gasteiger partial charge on any atom is -0.494 e. The van der Waals surface area contributed by atoms with Gasteiger partial charge in [0.15, 0.2) is 9.84 Å². The van der Waals surface area contributed by atoms with E-state index in [1.807, 2.05) is 13.8 Å². The zero-order valence-electron chi connectivity index (χ0n) is 15.7. The fraction of sp³-hybridized carbons (Fsp3) is 0.667. The third-order valence-electron chi connectivity index (χ3n) is 4.30. The predicted molar refractivity (Wildman–Crippen MR) is 96.8 cm³/mol. The predicted octanol–water partition coefficient (Wildman–Crippen LogP) is 3.99. The van der Waals surface area contributed by atoms with Crippen molar-refractivity contribution in [1.82, 2.24) is 5.32 Å². The minimum absolute atomic E-state index is 0.0435. The number of alkyl halides is 3. The lowest BCUT2D eigenvalue weighted by molar-refractivity contribution is -0.136. The molecule has 27 heavy (non-hydrogen) atoms. The molecule has 9 heteroatoms. The number of halogens is 3. The van der Waals surface area contributed by atoms with Gasteiger partial charge in [-0.05, 0) is 38.5 Å². The number of nitrogens with one attached hydrogen (secondary N) is 1. The summed E-state index contributed by atoms with van der Waals surface area (Å²) in [6, 6.07) is 4.80. The molecule has 0 spiro atoms. The SMILES string of the molecule is CCS(=O)(=O)CNC1CC(C)(C)Oc2ccc(OCCCC(F)(F)F)cc21. The molecule has 1 heterocycles. The molecular weight excluding hydrogens is 383 g/mol. The highest BCUT2D eigenvalue weighted by atomic mass is 32.2. The highest BCUT2D eigenvalue weighted by Crippen LogP contribution is 2.41. The van der Waals surface area contributed by atoms with Crippen LogP contribution in [-0.4, -0.2) is 38.4 Å². The number of hydrogen-bond donors (Lipinski definition) is 1. The van der Waals surface area contributed by atoms with Gasteiger partial charge in [-0.1, -0.05) is 6.92 Å². The summed E-state index contributed by atoms with van der Waals surface area (Å²) < 4.78 is 71.7. The van der Waals surface area contributed by atoms with Gasteiger partial charge in [0, 0.05) is 30.2 Å². The van der Waals surface area contributed by atoms with E-state index in [1.54, 1.807) is 25.1 Å². The first-order valence-electron chi connectivity index (χ1n) is 8.87. The molecule has 1 unspecified atom stereocenters. The molecule has 2 rings (SSSR count). The minimum atomic E-state index is -4.20. The Labute approximate surface area is 158 Å². The van der Waals surface area contributed by atoms with Gasteiger partial charge in [0.1, 0.15) is 17.1 Å². The number of hydrogen-bond acceptors (Lipinski definition) is 5. The van der Waals surface area contributed by atoms with Crippen LogP contribution in [0.4, 0.5) is 13.2 Å². The molecule has 1 aromatic rings. The maximum absolute atomic E-state index is 12.2. The van der Waals surface area contributed by atoms with Gasteiger partial charge in [-0.2, -0.15) is 13.2 Å². The second kappa shape index (κ2) is 8.26. The normalized spacial score (nSPS) is 19.3. The molecule has 154 valence electrons.